The van der Waals surface area contributed by atoms with Gasteiger partial charge in [-0.25, -0.2) is 4.39 Å². The van der Waals surface area contributed by atoms with Crippen molar-refractivity contribution in [1.82, 2.24) is 0 Å². The maximum atomic E-state index is 13.7. The third kappa shape index (κ3) is 2.25. The van der Waals surface area contributed by atoms with Gasteiger partial charge < -0.3 is 10.2 Å². The molecule has 0 saturated heterocycles. The van der Waals surface area contributed by atoms with Crippen LogP contribution in [0.15, 0.2) is 51.4 Å². The van der Waals surface area contributed by atoms with Crippen molar-refractivity contribution in [3.8, 4) is 0 Å². The number of para-hydroxylation sites is 1. The molecule has 2 nitrogen and oxygen atoms in total. The first-order valence-corrected chi connectivity index (χ1v) is 7.05. The normalized spacial score (nSPS) is 12.8. The molecule has 0 aliphatic carbocycles. The van der Waals surface area contributed by atoms with E-state index in [0.29, 0.717) is 5.76 Å². The van der Waals surface area contributed by atoms with Crippen molar-refractivity contribution in [3.63, 3.8) is 0 Å². The topological polar surface area (TPSA) is 39.2 Å². The summed E-state index contributed by atoms with van der Waals surface area (Å²) >= 11 is 3.43. The van der Waals surface area contributed by atoms with E-state index in [-0.39, 0.29) is 11.4 Å². The van der Waals surface area contributed by atoms with Crippen LogP contribution in [0, 0.1) is 12.7 Å². The first kappa shape index (κ1) is 13.3. The lowest BCUT2D eigenvalue weighted by atomic mass is 10.00. The molecule has 20 heavy (non-hydrogen) atoms. The Morgan fingerprint density at radius 1 is 1.20 bits per heavy atom. The molecule has 3 aromatic rings. The van der Waals surface area contributed by atoms with Gasteiger partial charge in [-0.3, -0.25) is 0 Å². The van der Waals surface area contributed by atoms with Gasteiger partial charge in [-0.05, 0) is 42.3 Å². The van der Waals surface area contributed by atoms with E-state index in [9.17, 15) is 4.39 Å². The molecule has 1 heterocycles. The first-order valence-electron chi connectivity index (χ1n) is 6.26. The zero-order valence-electron chi connectivity index (χ0n) is 10.9. The molecule has 1 atom stereocenters. The Kier molecular flexibility index (Phi) is 3.36. The van der Waals surface area contributed by atoms with E-state index in [1.54, 1.807) is 12.1 Å². The quantitative estimate of drug-likeness (QED) is 0.738. The number of hydrogen-bond donors (Lipinski definition) is 1. The third-order valence-electron chi connectivity index (χ3n) is 3.39. The summed E-state index contributed by atoms with van der Waals surface area (Å²) in [6.45, 7) is 1.99. The summed E-state index contributed by atoms with van der Waals surface area (Å²) in [5, 5.41) is 0.727. The molecule has 2 aromatic carbocycles. The summed E-state index contributed by atoms with van der Waals surface area (Å²) in [4.78, 5) is 0. The second-order valence-electron chi connectivity index (χ2n) is 4.79. The summed E-state index contributed by atoms with van der Waals surface area (Å²) in [6, 6.07) is 12.1. The standard InChI is InChI=1S/C16H13BrFNO/c1-9-7-11(17)5-6-12(9)15(19)14-8-10-3-2-4-13(18)16(10)20-14/h2-8,15H,19H2,1H3. The van der Waals surface area contributed by atoms with Gasteiger partial charge in [-0.2, -0.15) is 0 Å². The van der Waals surface area contributed by atoms with Crippen LogP contribution in [0.5, 0.6) is 0 Å². The second-order valence-corrected chi connectivity index (χ2v) is 5.70. The van der Waals surface area contributed by atoms with Gasteiger partial charge in [0.15, 0.2) is 11.4 Å². The highest BCUT2D eigenvalue weighted by molar-refractivity contribution is 9.10. The van der Waals surface area contributed by atoms with Crippen LogP contribution in [-0.4, -0.2) is 0 Å². The number of rotatable bonds is 2. The number of benzene rings is 2. The van der Waals surface area contributed by atoms with Crippen LogP contribution in [0.2, 0.25) is 0 Å². The molecule has 0 amide bonds. The minimum Gasteiger partial charge on any atom is -0.456 e. The van der Waals surface area contributed by atoms with Gasteiger partial charge in [0, 0.05) is 9.86 Å². The highest BCUT2D eigenvalue weighted by Crippen LogP contribution is 2.30. The minimum atomic E-state index is -0.408. The number of nitrogens with two attached hydrogens (primary N) is 1. The molecule has 1 unspecified atom stereocenters. The molecule has 102 valence electrons. The lowest BCUT2D eigenvalue weighted by Gasteiger charge is -2.12. The molecule has 0 bridgehead atoms. The van der Waals surface area contributed by atoms with Crippen molar-refractivity contribution < 1.29 is 8.81 Å². The molecular formula is C16H13BrFNO. The van der Waals surface area contributed by atoms with E-state index in [4.69, 9.17) is 10.2 Å². The predicted octanol–water partition coefficient (Wildman–Crippen LogP) is 4.69. The summed E-state index contributed by atoms with van der Waals surface area (Å²) in [7, 11) is 0. The zero-order chi connectivity index (χ0) is 14.3. The van der Waals surface area contributed by atoms with E-state index in [1.807, 2.05) is 31.2 Å². The van der Waals surface area contributed by atoms with E-state index in [2.05, 4.69) is 15.9 Å². The molecular weight excluding hydrogens is 321 g/mol. The average molecular weight is 334 g/mol. The van der Waals surface area contributed by atoms with Gasteiger partial charge in [0.05, 0.1) is 6.04 Å². The fourth-order valence-corrected chi connectivity index (χ4v) is 2.82. The maximum absolute atomic E-state index is 13.7. The molecule has 0 aliphatic heterocycles. The van der Waals surface area contributed by atoms with Gasteiger partial charge >= 0.3 is 0 Å². The molecule has 0 radical (unpaired) electrons. The Morgan fingerprint density at radius 3 is 2.70 bits per heavy atom. The fraction of sp³-hybridized carbons (Fsp3) is 0.125. The molecule has 2 N–H and O–H groups in total. The van der Waals surface area contributed by atoms with Crippen LogP contribution >= 0.6 is 15.9 Å². The molecule has 3 rings (SSSR count). The number of aryl methyl sites for hydroxylation is 1. The van der Waals surface area contributed by atoms with E-state index < -0.39 is 6.04 Å². The Balaban J connectivity index is 2.08. The summed E-state index contributed by atoms with van der Waals surface area (Å²) in [5.41, 5.74) is 8.53. The Labute approximate surface area is 124 Å². The molecule has 0 fully saturated rings. The summed E-state index contributed by atoms with van der Waals surface area (Å²) in [6.07, 6.45) is 0. The van der Waals surface area contributed by atoms with Crippen LogP contribution in [0.4, 0.5) is 4.39 Å². The van der Waals surface area contributed by atoms with Crippen LogP contribution in [-0.2, 0) is 0 Å². The van der Waals surface area contributed by atoms with Gasteiger partial charge in [0.25, 0.3) is 0 Å². The SMILES string of the molecule is Cc1cc(Br)ccc1C(N)c1cc2cccc(F)c2o1. The Morgan fingerprint density at radius 2 is 2.00 bits per heavy atom. The predicted molar refractivity (Wildman–Crippen MR) is 81.1 cm³/mol. The number of furan rings is 1. The van der Waals surface area contributed by atoms with E-state index >= 15 is 0 Å². The van der Waals surface area contributed by atoms with Crippen LogP contribution in [0.1, 0.15) is 22.9 Å². The zero-order valence-corrected chi connectivity index (χ0v) is 12.4. The average Bonchev–Trinajstić information content (AvgIpc) is 2.83. The van der Waals surface area contributed by atoms with Gasteiger partial charge in [0.2, 0.25) is 0 Å². The van der Waals surface area contributed by atoms with Crippen molar-refractivity contribution in [3.05, 3.63) is 69.6 Å². The first-order chi connectivity index (χ1) is 9.56. The van der Waals surface area contributed by atoms with Gasteiger partial charge in [-0.15, -0.1) is 0 Å². The lowest BCUT2D eigenvalue weighted by Crippen LogP contribution is -2.12. The highest BCUT2D eigenvalue weighted by Gasteiger charge is 2.17. The summed E-state index contributed by atoms with van der Waals surface area (Å²) < 4.78 is 20.2. The van der Waals surface area contributed by atoms with Crippen molar-refractivity contribution in [2.75, 3.05) is 0 Å². The number of hydrogen-bond acceptors (Lipinski definition) is 2. The molecule has 4 heteroatoms. The second kappa shape index (κ2) is 5.04. The highest BCUT2D eigenvalue weighted by atomic mass is 79.9. The maximum Gasteiger partial charge on any atom is 0.169 e. The van der Waals surface area contributed by atoms with Crippen LogP contribution < -0.4 is 5.73 Å². The van der Waals surface area contributed by atoms with Gasteiger partial charge in [-0.1, -0.05) is 34.1 Å². The largest absolute Gasteiger partial charge is 0.456 e. The van der Waals surface area contributed by atoms with Crippen molar-refractivity contribution in [2.24, 2.45) is 5.73 Å². The molecule has 0 spiro atoms. The van der Waals surface area contributed by atoms with E-state index in [1.165, 1.54) is 6.07 Å². The smallest absolute Gasteiger partial charge is 0.169 e. The Bertz CT molecular complexity index is 781. The number of fused-ring (bicyclic) bond motifs is 1. The summed E-state index contributed by atoms with van der Waals surface area (Å²) in [5.74, 6) is 0.198. The lowest BCUT2D eigenvalue weighted by molar-refractivity contribution is 0.501. The van der Waals surface area contributed by atoms with Crippen LogP contribution in [0.3, 0.4) is 0 Å². The van der Waals surface area contributed by atoms with Crippen molar-refractivity contribution in [2.45, 2.75) is 13.0 Å². The van der Waals surface area contributed by atoms with Crippen molar-refractivity contribution in [1.29, 1.82) is 0 Å². The van der Waals surface area contributed by atoms with E-state index in [0.717, 1.165) is 21.0 Å². The minimum absolute atomic E-state index is 0.257. The monoisotopic (exact) mass is 333 g/mol. The Hall–Kier alpha value is -1.65. The molecule has 0 aliphatic rings. The van der Waals surface area contributed by atoms with Crippen LogP contribution in [0.25, 0.3) is 11.0 Å². The van der Waals surface area contributed by atoms with Gasteiger partial charge in [0.1, 0.15) is 5.76 Å². The number of halogens is 2. The fourth-order valence-electron chi connectivity index (χ4n) is 2.34. The molecule has 0 saturated carbocycles. The third-order valence-corrected chi connectivity index (χ3v) is 3.88. The molecule has 1 aromatic heterocycles. The van der Waals surface area contributed by atoms with Crippen molar-refractivity contribution >= 4 is 26.9 Å².